The third-order valence-electron chi connectivity index (χ3n) is 1.85. The number of hydrogen-bond acceptors (Lipinski definition) is 1. The Morgan fingerprint density at radius 2 is 2.00 bits per heavy atom. The van der Waals surface area contributed by atoms with Crippen LogP contribution in [0.4, 0.5) is 4.39 Å². The number of halogens is 2. The van der Waals surface area contributed by atoms with E-state index in [0.29, 0.717) is 12.2 Å². The summed E-state index contributed by atoms with van der Waals surface area (Å²) >= 11 is 5.75. The van der Waals surface area contributed by atoms with E-state index in [1.54, 1.807) is 0 Å². The highest BCUT2D eigenvalue weighted by molar-refractivity contribution is 6.29. The zero-order valence-electron chi connectivity index (χ0n) is 8.36. The Balaban J connectivity index is 3.25. The van der Waals surface area contributed by atoms with Crippen molar-refractivity contribution < 1.29 is 4.39 Å². The molecule has 0 saturated heterocycles. The summed E-state index contributed by atoms with van der Waals surface area (Å²) in [7, 11) is 0. The Morgan fingerprint density at radius 3 is 2.23 bits per heavy atom. The van der Waals surface area contributed by atoms with Crippen LogP contribution in [0.25, 0.3) is 0 Å². The standard InChI is InChI=1S/C9H14ClFN2/c1-5-13-8(10)6(11)7(12-13)9(2,3)4/h5H2,1-4H3. The second-order valence-corrected chi connectivity index (χ2v) is 4.38. The van der Waals surface area contributed by atoms with Crippen LogP contribution in [0.3, 0.4) is 0 Å². The number of hydrogen-bond donors (Lipinski definition) is 0. The average molecular weight is 205 g/mol. The molecule has 1 aromatic rings. The molecule has 74 valence electrons. The molecule has 0 atom stereocenters. The molecule has 0 fully saturated rings. The summed E-state index contributed by atoms with van der Waals surface area (Å²) in [4.78, 5) is 0. The first-order chi connectivity index (χ1) is 5.88. The van der Waals surface area contributed by atoms with Crippen LogP contribution in [0.2, 0.25) is 5.15 Å². The van der Waals surface area contributed by atoms with Gasteiger partial charge >= 0.3 is 0 Å². The third kappa shape index (κ3) is 1.85. The molecule has 0 aromatic carbocycles. The van der Waals surface area contributed by atoms with Crippen molar-refractivity contribution >= 4 is 11.6 Å². The van der Waals surface area contributed by atoms with Crippen LogP contribution in [0, 0.1) is 5.82 Å². The van der Waals surface area contributed by atoms with Crippen LogP contribution in [-0.2, 0) is 12.0 Å². The van der Waals surface area contributed by atoms with Gasteiger partial charge < -0.3 is 0 Å². The summed E-state index contributed by atoms with van der Waals surface area (Å²) in [6.07, 6.45) is 0. The summed E-state index contributed by atoms with van der Waals surface area (Å²) in [5, 5.41) is 4.21. The van der Waals surface area contributed by atoms with Crippen molar-refractivity contribution in [1.29, 1.82) is 0 Å². The third-order valence-corrected chi connectivity index (χ3v) is 2.21. The van der Waals surface area contributed by atoms with Crippen molar-refractivity contribution in [2.24, 2.45) is 0 Å². The van der Waals surface area contributed by atoms with Crippen LogP contribution in [0.15, 0.2) is 0 Å². The fraction of sp³-hybridized carbons (Fsp3) is 0.667. The number of aromatic nitrogens is 2. The molecule has 0 radical (unpaired) electrons. The maximum absolute atomic E-state index is 13.5. The van der Waals surface area contributed by atoms with E-state index in [2.05, 4.69) is 5.10 Å². The average Bonchev–Trinajstić information content (AvgIpc) is 2.28. The first kappa shape index (κ1) is 10.5. The van der Waals surface area contributed by atoms with Gasteiger partial charge in [-0.2, -0.15) is 5.10 Å². The maximum atomic E-state index is 13.5. The quantitative estimate of drug-likeness (QED) is 0.688. The minimum atomic E-state index is -0.393. The van der Waals surface area contributed by atoms with Gasteiger partial charge in [-0.05, 0) is 6.92 Å². The normalized spacial score (nSPS) is 12.2. The largest absolute Gasteiger partial charge is 0.251 e. The van der Waals surface area contributed by atoms with Crippen molar-refractivity contribution in [3.63, 3.8) is 0 Å². The first-order valence-corrected chi connectivity index (χ1v) is 4.68. The Hall–Kier alpha value is -0.570. The summed E-state index contributed by atoms with van der Waals surface area (Å²) < 4.78 is 15.0. The van der Waals surface area contributed by atoms with E-state index in [-0.39, 0.29) is 10.6 Å². The van der Waals surface area contributed by atoms with Gasteiger partial charge in [0.05, 0.1) is 0 Å². The lowest BCUT2D eigenvalue weighted by Crippen LogP contribution is -2.14. The SMILES string of the molecule is CCn1nc(C(C)(C)C)c(F)c1Cl. The summed E-state index contributed by atoms with van der Waals surface area (Å²) in [6.45, 7) is 8.20. The number of aryl methyl sites for hydroxylation is 1. The van der Waals surface area contributed by atoms with Gasteiger partial charge in [-0.3, -0.25) is 4.68 Å². The van der Waals surface area contributed by atoms with Crippen LogP contribution in [0.1, 0.15) is 33.4 Å². The summed E-state index contributed by atoms with van der Waals surface area (Å²) in [5.41, 5.74) is 0.132. The summed E-state index contributed by atoms with van der Waals surface area (Å²) in [5.74, 6) is -0.393. The van der Waals surface area contributed by atoms with Gasteiger partial charge in [-0.1, -0.05) is 32.4 Å². The lowest BCUT2D eigenvalue weighted by Gasteiger charge is -2.14. The Kier molecular flexibility index (Phi) is 2.66. The van der Waals surface area contributed by atoms with E-state index in [4.69, 9.17) is 11.6 Å². The van der Waals surface area contributed by atoms with E-state index in [1.165, 1.54) is 4.68 Å². The fourth-order valence-electron chi connectivity index (χ4n) is 1.11. The van der Waals surface area contributed by atoms with Crippen molar-refractivity contribution in [1.82, 2.24) is 9.78 Å². The minimum Gasteiger partial charge on any atom is -0.251 e. The second-order valence-electron chi connectivity index (χ2n) is 4.02. The van der Waals surface area contributed by atoms with Gasteiger partial charge in [0.15, 0.2) is 11.0 Å². The minimum absolute atomic E-state index is 0.104. The van der Waals surface area contributed by atoms with Gasteiger partial charge in [0.2, 0.25) is 0 Å². The number of nitrogens with zero attached hydrogens (tertiary/aromatic N) is 2. The molecule has 0 bridgehead atoms. The molecule has 1 aromatic heterocycles. The van der Waals surface area contributed by atoms with Crippen molar-refractivity contribution in [3.8, 4) is 0 Å². The van der Waals surface area contributed by atoms with E-state index < -0.39 is 5.82 Å². The van der Waals surface area contributed by atoms with Crippen LogP contribution < -0.4 is 0 Å². The van der Waals surface area contributed by atoms with Crippen molar-refractivity contribution in [3.05, 3.63) is 16.7 Å². The molecule has 1 heterocycles. The Morgan fingerprint density at radius 1 is 1.46 bits per heavy atom. The monoisotopic (exact) mass is 204 g/mol. The predicted molar refractivity (Wildman–Crippen MR) is 51.6 cm³/mol. The Bertz CT molecular complexity index is 312. The predicted octanol–water partition coefficient (Wildman–Crippen LogP) is 2.99. The van der Waals surface area contributed by atoms with Gasteiger partial charge in [0, 0.05) is 12.0 Å². The Labute approximate surface area is 82.7 Å². The highest BCUT2D eigenvalue weighted by Crippen LogP contribution is 2.28. The topological polar surface area (TPSA) is 17.8 Å². The highest BCUT2D eigenvalue weighted by Gasteiger charge is 2.25. The van der Waals surface area contributed by atoms with Crippen LogP contribution in [0.5, 0.6) is 0 Å². The number of rotatable bonds is 1. The molecule has 1 rings (SSSR count). The van der Waals surface area contributed by atoms with Gasteiger partial charge in [-0.15, -0.1) is 0 Å². The van der Waals surface area contributed by atoms with Crippen LogP contribution in [-0.4, -0.2) is 9.78 Å². The molecule has 0 aliphatic heterocycles. The second kappa shape index (κ2) is 3.29. The van der Waals surface area contributed by atoms with Crippen LogP contribution >= 0.6 is 11.6 Å². The maximum Gasteiger partial charge on any atom is 0.183 e. The molecule has 0 N–H and O–H groups in total. The van der Waals surface area contributed by atoms with E-state index >= 15 is 0 Å². The zero-order chi connectivity index (χ0) is 10.2. The smallest absolute Gasteiger partial charge is 0.183 e. The van der Waals surface area contributed by atoms with E-state index in [0.717, 1.165) is 0 Å². The van der Waals surface area contributed by atoms with E-state index in [1.807, 2.05) is 27.7 Å². The molecular formula is C9H14ClFN2. The molecule has 0 unspecified atom stereocenters. The summed E-state index contributed by atoms with van der Waals surface area (Å²) in [6, 6.07) is 0. The molecule has 0 saturated carbocycles. The molecular weight excluding hydrogens is 191 g/mol. The lowest BCUT2D eigenvalue weighted by molar-refractivity contribution is 0.506. The lowest BCUT2D eigenvalue weighted by atomic mass is 9.92. The first-order valence-electron chi connectivity index (χ1n) is 4.30. The highest BCUT2D eigenvalue weighted by atomic mass is 35.5. The molecule has 0 amide bonds. The molecule has 0 aliphatic rings. The molecule has 2 nitrogen and oxygen atoms in total. The molecule has 0 spiro atoms. The molecule has 4 heteroatoms. The molecule has 13 heavy (non-hydrogen) atoms. The zero-order valence-corrected chi connectivity index (χ0v) is 9.11. The van der Waals surface area contributed by atoms with Crippen molar-refractivity contribution in [2.45, 2.75) is 39.7 Å². The van der Waals surface area contributed by atoms with Gasteiger partial charge in [0.25, 0.3) is 0 Å². The fourth-order valence-corrected chi connectivity index (χ4v) is 1.36. The van der Waals surface area contributed by atoms with E-state index in [9.17, 15) is 4.39 Å². The van der Waals surface area contributed by atoms with Gasteiger partial charge in [0.1, 0.15) is 5.69 Å². The van der Waals surface area contributed by atoms with Gasteiger partial charge in [-0.25, -0.2) is 4.39 Å². The molecule has 0 aliphatic carbocycles. The van der Waals surface area contributed by atoms with Crippen molar-refractivity contribution in [2.75, 3.05) is 0 Å².